The Balaban J connectivity index is 2.60. The number of hydrogen-bond acceptors (Lipinski definition) is 3. The second-order valence-corrected chi connectivity index (χ2v) is 3.89. The van der Waals surface area contributed by atoms with Crippen LogP contribution in [0.25, 0.3) is 0 Å². The third-order valence-electron chi connectivity index (χ3n) is 2.57. The number of carbonyl (C=O) groups excluding carboxylic acids is 2. The molecule has 3 nitrogen and oxygen atoms in total. The second-order valence-electron chi connectivity index (χ2n) is 3.89. The first-order valence-corrected chi connectivity index (χ1v) is 5.54. The number of Topliss-reactive ketones (excluding diaryl/α,β-unsaturated/α-hetero) is 1. The number of ketones is 1. The summed E-state index contributed by atoms with van der Waals surface area (Å²) in [5.41, 5.74) is 0. The number of rotatable bonds is 1. The normalized spacial score (nSPS) is 26.2. The monoisotopic (exact) mass is 210 g/mol. The van der Waals surface area contributed by atoms with Crippen LogP contribution in [0.3, 0.4) is 0 Å². The molecule has 0 bridgehead atoms. The fraction of sp³-hybridized carbons (Fsp3) is 0.667. The van der Waals surface area contributed by atoms with Crippen molar-refractivity contribution in [3.05, 3.63) is 12.2 Å². The van der Waals surface area contributed by atoms with Crippen molar-refractivity contribution in [3.63, 3.8) is 0 Å². The third kappa shape index (κ3) is 4.28. The molecule has 0 amide bonds. The number of esters is 1. The second kappa shape index (κ2) is 6.38. The van der Waals surface area contributed by atoms with Crippen LogP contribution in [0.1, 0.15) is 39.0 Å². The minimum Gasteiger partial charge on any atom is -0.465 e. The zero-order valence-electron chi connectivity index (χ0n) is 9.20. The molecule has 1 atom stereocenters. The van der Waals surface area contributed by atoms with E-state index in [4.69, 9.17) is 4.74 Å². The molecule has 1 aliphatic rings. The summed E-state index contributed by atoms with van der Waals surface area (Å²) in [4.78, 5) is 22.7. The molecule has 15 heavy (non-hydrogen) atoms. The molecule has 1 heterocycles. The van der Waals surface area contributed by atoms with Crippen LogP contribution in [0.5, 0.6) is 0 Å². The highest BCUT2D eigenvalue weighted by Crippen LogP contribution is 2.12. The maximum absolute atomic E-state index is 11.5. The van der Waals surface area contributed by atoms with Crippen molar-refractivity contribution in [2.24, 2.45) is 5.92 Å². The molecule has 0 aliphatic carbocycles. The van der Waals surface area contributed by atoms with E-state index in [1.165, 1.54) is 6.92 Å². The first kappa shape index (κ1) is 12.0. The Kier molecular flexibility index (Phi) is 5.08. The van der Waals surface area contributed by atoms with Gasteiger partial charge in [-0.05, 0) is 39.0 Å². The largest absolute Gasteiger partial charge is 0.465 e. The van der Waals surface area contributed by atoms with Crippen molar-refractivity contribution in [1.82, 2.24) is 0 Å². The van der Waals surface area contributed by atoms with E-state index in [1.807, 2.05) is 6.08 Å². The summed E-state index contributed by atoms with van der Waals surface area (Å²) in [6, 6.07) is 0. The van der Waals surface area contributed by atoms with Crippen LogP contribution < -0.4 is 0 Å². The van der Waals surface area contributed by atoms with E-state index in [-0.39, 0.29) is 11.8 Å². The first-order chi connectivity index (χ1) is 7.22. The summed E-state index contributed by atoms with van der Waals surface area (Å²) in [6.45, 7) is 1.89. The molecule has 0 saturated carbocycles. The molecule has 0 saturated heterocycles. The van der Waals surface area contributed by atoms with Gasteiger partial charge < -0.3 is 4.74 Å². The summed E-state index contributed by atoms with van der Waals surface area (Å²) in [5.74, 6) is -1.07. The lowest BCUT2D eigenvalue weighted by molar-refractivity contribution is -0.151. The molecular weight excluding hydrogens is 192 g/mol. The molecule has 1 unspecified atom stereocenters. The molecule has 0 aromatic rings. The summed E-state index contributed by atoms with van der Waals surface area (Å²) < 4.78 is 5.05. The van der Waals surface area contributed by atoms with Gasteiger partial charge in [0.1, 0.15) is 11.7 Å². The number of ether oxygens (including phenoxy) is 1. The Morgan fingerprint density at radius 1 is 1.33 bits per heavy atom. The van der Waals surface area contributed by atoms with Crippen LogP contribution in [0.15, 0.2) is 12.2 Å². The Morgan fingerprint density at radius 2 is 2.13 bits per heavy atom. The SMILES string of the molecule is CC(=O)C1C/C=C/CCCCCOC1=O. The van der Waals surface area contributed by atoms with Gasteiger partial charge in [0.05, 0.1) is 6.61 Å². The maximum atomic E-state index is 11.5. The van der Waals surface area contributed by atoms with Gasteiger partial charge in [0.2, 0.25) is 0 Å². The van der Waals surface area contributed by atoms with Crippen molar-refractivity contribution in [1.29, 1.82) is 0 Å². The van der Waals surface area contributed by atoms with E-state index < -0.39 is 5.92 Å². The topological polar surface area (TPSA) is 43.4 Å². The first-order valence-electron chi connectivity index (χ1n) is 5.54. The van der Waals surface area contributed by atoms with Crippen LogP contribution >= 0.6 is 0 Å². The van der Waals surface area contributed by atoms with Gasteiger partial charge in [0, 0.05) is 0 Å². The van der Waals surface area contributed by atoms with Crippen LogP contribution in [0.4, 0.5) is 0 Å². The molecule has 84 valence electrons. The average molecular weight is 210 g/mol. The number of carbonyl (C=O) groups is 2. The van der Waals surface area contributed by atoms with Crippen molar-refractivity contribution in [2.75, 3.05) is 6.61 Å². The fourth-order valence-corrected chi connectivity index (χ4v) is 1.59. The number of cyclic esters (lactones) is 1. The maximum Gasteiger partial charge on any atom is 0.316 e. The molecule has 0 aromatic heterocycles. The Bertz CT molecular complexity index is 256. The Morgan fingerprint density at radius 3 is 2.87 bits per heavy atom. The molecular formula is C12H18O3. The van der Waals surface area contributed by atoms with Crippen molar-refractivity contribution in [3.8, 4) is 0 Å². The van der Waals surface area contributed by atoms with Gasteiger partial charge in [-0.25, -0.2) is 0 Å². The van der Waals surface area contributed by atoms with Gasteiger partial charge in [-0.3, -0.25) is 9.59 Å². The smallest absolute Gasteiger partial charge is 0.316 e. The van der Waals surface area contributed by atoms with Crippen molar-refractivity contribution < 1.29 is 14.3 Å². The van der Waals surface area contributed by atoms with E-state index in [1.54, 1.807) is 0 Å². The zero-order valence-corrected chi connectivity index (χ0v) is 9.20. The standard InChI is InChI=1S/C12H18O3/c1-10(13)11-8-6-4-2-3-5-7-9-15-12(11)14/h4,6,11H,2-3,5,7-9H2,1H3/b6-4+. The highest BCUT2D eigenvalue weighted by Gasteiger charge is 2.23. The highest BCUT2D eigenvalue weighted by atomic mass is 16.5. The molecule has 0 aromatic carbocycles. The van der Waals surface area contributed by atoms with Gasteiger partial charge in [0.15, 0.2) is 0 Å². The lowest BCUT2D eigenvalue weighted by Crippen LogP contribution is -2.24. The highest BCUT2D eigenvalue weighted by molar-refractivity contribution is 5.97. The van der Waals surface area contributed by atoms with Crippen molar-refractivity contribution in [2.45, 2.75) is 39.0 Å². The van der Waals surface area contributed by atoms with Crippen LogP contribution in [0, 0.1) is 5.92 Å². The average Bonchev–Trinajstić information content (AvgIpc) is 2.23. The van der Waals surface area contributed by atoms with Crippen LogP contribution in [-0.4, -0.2) is 18.4 Å². The minimum absolute atomic E-state index is 0.108. The van der Waals surface area contributed by atoms with E-state index in [0.717, 1.165) is 25.7 Å². The molecule has 0 fully saturated rings. The molecule has 0 N–H and O–H groups in total. The molecule has 1 aliphatic heterocycles. The third-order valence-corrected chi connectivity index (χ3v) is 2.57. The van der Waals surface area contributed by atoms with Gasteiger partial charge in [-0.2, -0.15) is 0 Å². The summed E-state index contributed by atoms with van der Waals surface area (Å²) in [6.07, 6.45) is 8.56. The van der Waals surface area contributed by atoms with Gasteiger partial charge in [-0.15, -0.1) is 0 Å². The van der Waals surface area contributed by atoms with E-state index in [9.17, 15) is 9.59 Å². The predicted molar refractivity (Wildman–Crippen MR) is 57.4 cm³/mol. The summed E-state index contributed by atoms with van der Waals surface area (Å²) >= 11 is 0. The predicted octanol–water partition coefficient (Wildman–Crippen LogP) is 2.26. The fourth-order valence-electron chi connectivity index (χ4n) is 1.59. The minimum atomic E-state index is -0.598. The van der Waals surface area contributed by atoms with E-state index >= 15 is 0 Å². The lowest BCUT2D eigenvalue weighted by Gasteiger charge is -2.10. The Hall–Kier alpha value is -1.12. The van der Waals surface area contributed by atoms with Gasteiger partial charge in [-0.1, -0.05) is 12.2 Å². The van der Waals surface area contributed by atoms with Gasteiger partial charge in [0.25, 0.3) is 0 Å². The summed E-state index contributed by atoms with van der Waals surface area (Å²) in [7, 11) is 0. The molecule has 0 spiro atoms. The van der Waals surface area contributed by atoms with Gasteiger partial charge >= 0.3 is 5.97 Å². The molecule has 1 rings (SSSR count). The number of hydrogen-bond donors (Lipinski definition) is 0. The Labute approximate surface area is 90.5 Å². The molecule has 0 radical (unpaired) electrons. The quantitative estimate of drug-likeness (QED) is 0.379. The zero-order chi connectivity index (χ0) is 11.1. The number of allylic oxidation sites excluding steroid dienone is 2. The molecule has 3 heteroatoms. The van der Waals surface area contributed by atoms with E-state index in [0.29, 0.717) is 13.0 Å². The lowest BCUT2D eigenvalue weighted by atomic mass is 10.0. The van der Waals surface area contributed by atoms with Crippen LogP contribution in [-0.2, 0) is 14.3 Å². The van der Waals surface area contributed by atoms with Crippen LogP contribution in [0.2, 0.25) is 0 Å². The van der Waals surface area contributed by atoms with Crippen molar-refractivity contribution >= 4 is 11.8 Å². The summed E-state index contributed by atoms with van der Waals surface area (Å²) in [5, 5.41) is 0. The van der Waals surface area contributed by atoms with E-state index in [2.05, 4.69) is 6.08 Å².